The SMILES string of the molecule is Nc1noc(CC2CC2)c1-c1ccncc1. The second kappa shape index (κ2) is 3.63. The predicted molar refractivity (Wildman–Crippen MR) is 60.6 cm³/mol. The van der Waals surface area contributed by atoms with Crippen LogP contribution in [0.4, 0.5) is 5.82 Å². The quantitative estimate of drug-likeness (QED) is 0.853. The molecule has 0 bridgehead atoms. The van der Waals surface area contributed by atoms with Crippen molar-refractivity contribution >= 4 is 5.82 Å². The average Bonchev–Trinajstić information content (AvgIpc) is 3.04. The second-order valence-corrected chi connectivity index (χ2v) is 4.25. The minimum Gasteiger partial charge on any atom is -0.380 e. The Kier molecular flexibility index (Phi) is 2.13. The number of nitrogens with two attached hydrogens (primary N) is 1. The molecule has 0 spiro atoms. The van der Waals surface area contributed by atoms with Crippen LogP contribution in [0, 0.1) is 5.92 Å². The maximum atomic E-state index is 5.84. The Balaban J connectivity index is 2.01. The third-order valence-corrected chi connectivity index (χ3v) is 2.93. The van der Waals surface area contributed by atoms with Crippen LogP contribution >= 0.6 is 0 Å². The number of rotatable bonds is 3. The Morgan fingerprint density at radius 1 is 1.31 bits per heavy atom. The fraction of sp³-hybridized carbons (Fsp3) is 0.333. The molecular weight excluding hydrogens is 202 g/mol. The van der Waals surface area contributed by atoms with Gasteiger partial charge in [-0.1, -0.05) is 5.16 Å². The van der Waals surface area contributed by atoms with E-state index in [0.717, 1.165) is 29.2 Å². The molecule has 0 aliphatic heterocycles. The zero-order valence-electron chi connectivity index (χ0n) is 8.89. The zero-order chi connectivity index (χ0) is 11.0. The van der Waals surface area contributed by atoms with Gasteiger partial charge in [0.15, 0.2) is 5.82 Å². The topological polar surface area (TPSA) is 64.9 Å². The van der Waals surface area contributed by atoms with Crippen LogP contribution in [0.1, 0.15) is 18.6 Å². The molecule has 0 radical (unpaired) electrons. The molecule has 2 N–H and O–H groups in total. The van der Waals surface area contributed by atoms with E-state index in [1.807, 2.05) is 12.1 Å². The average molecular weight is 215 g/mol. The summed E-state index contributed by atoms with van der Waals surface area (Å²) in [5, 5.41) is 3.86. The number of hydrogen-bond acceptors (Lipinski definition) is 4. The van der Waals surface area contributed by atoms with Gasteiger partial charge < -0.3 is 10.3 Å². The van der Waals surface area contributed by atoms with Crippen molar-refractivity contribution in [3.8, 4) is 11.1 Å². The summed E-state index contributed by atoms with van der Waals surface area (Å²) in [5.41, 5.74) is 7.82. The minimum absolute atomic E-state index is 0.474. The summed E-state index contributed by atoms with van der Waals surface area (Å²) in [5.74, 6) is 2.14. The first-order valence-corrected chi connectivity index (χ1v) is 5.49. The number of anilines is 1. The summed E-state index contributed by atoms with van der Waals surface area (Å²) in [6.07, 6.45) is 7.03. The van der Waals surface area contributed by atoms with Gasteiger partial charge in [0.05, 0.1) is 5.56 Å². The van der Waals surface area contributed by atoms with E-state index in [0.29, 0.717) is 5.82 Å². The molecule has 0 aromatic carbocycles. The Labute approximate surface area is 93.5 Å². The molecular formula is C12H13N3O. The summed E-state index contributed by atoms with van der Waals surface area (Å²) in [4.78, 5) is 4.00. The highest BCUT2D eigenvalue weighted by atomic mass is 16.5. The van der Waals surface area contributed by atoms with Crippen LogP contribution in [0.5, 0.6) is 0 Å². The van der Waals surface area contributed by atoms with Crippen molar-refractivity contribution in [3.63, 3.8) is 0 Å². The summed E-state index contributed by atoms with van der Waals surface area (Å²) < 4.78 is 5.31. The van der Waals surface area contributed by atoms with Gasteiger partial charge >= 0.3 is 0 Å². The van der Waals surface area contributed by atoms with E-state index >= 15 is 0 Å². The van der Waals surface area contributed by atoms with Crippen LogP contribution in [-0.2, 0) is 6.42 Å². The first-order valence-electron chi connectivity index (χ1n) is 5.49. The third kappa shape index (κ3) is 1.66. The molecule has 3 rings (SSSR count). The van der Waals surface area contributed by atoms with Crippen LogP contribution in [0.3, 0.4) is 0 Å². The number of aromatic nitrogens is 2. The van der Waals surface area contributed by atoms with E-state index in [-0.39, 0.29) is 0 Å². The molecule has 4 heteroatoms. The van der Waals surface area contributed by atoms with Crippen molar-refractivity contribution in [1.82, 2.24) is 10.1 Å². The Morgan fingerprint density at radius 2 is 2.06 bits per heavy atom. The van der Waals surface area contributed by atoms with Crippen LogP contribution in [-0.4, -0.2) is 10.1 Å². The zero-order valence-corrected chi connectivity index (χ0v) is 8.89. The van der Waals surface area contributed by atoms with E-state index < -0.39 is 0 Å². The molecule has 82 valence electrons. The van der Waals surface area contributed by atoms with Gasteiger partial charge in [0, 0.05) is 18.8 Å². The fourth-order valence-electron chi connectivity index (χ4n) is 1.89. The van der Waals surface area contributed by atoms with E-state index in [1.54, 1.807) is 12.4 Å². The predicted octanol–water partition coefficient (Wildman–Crippen LogP) is 2.27. The van der Waals surface area contributed by atoms with Gasteiger partial charge in [-0.3, -0.25) is 4.98 Å². The van der Waals surface area contributed by atoms with Gasteiger partial charge in [-0.25, -0.2) is 0 Å². The Bertz CT molecular complexity index is 488. The molecule has 16 heavy (non-hydrogen) atoms. The van der Waals surface area contributed by atoms with E-state index in [1.165, 1.54) is 12.8 Å². The molecule has 1 saturated carbocycles. The van der Waals surface area contributed by atoms with E-state index in [2.05, 4.69) is 10.1 Å². The second-order valence-electron chi connectivity index (χ2n) is 4.25. The largest absolute Gasteiger partial charge is 0.380 e. The maximum Gasteiger partial charge on any atom is 0.175 e. The monoisotopic (exact) mass is 215 g/mol. The van der Waals surface area contributed by atoms with E-state index in [4.69, 9.17) is 10.3 Å². The fourth-order valence-corrected chi connectivity index (χ4v) is 1.89. The van der Waals surface area contributed by atoms with Crippen molar-refractivity contribution in [2.75, 3.05) is 5.73 Å². The summed E-state index contributed by atoms with van der Waals surface area (Å²) in [7, 11) is 0. The Morgan fingerprint density at radius 3 is 2.75 bits per heavy atom. The number of pyridine rings is 1. The molecule has 2 heterocycles. The van der Waals surface area contributed by atoms with Gasteiger partial charge in [-0.15, -0.1) is 0 Å². The molecule has 4 nitrogen and oxygen atoms in total. The first-order chi connectivity index (χ1) is 7.84. The smallest absolute Gasteiger partial charge is 0.175 e. The lowest BCUT2D eigenvalue weighted by Crippen LogP contribution is -1.92. The first kappa shape index (κ1) is 9.39. The molecule has 1 fully saturated rings. The highest BCUT2D eigenvalue weighted by molar-refractivity contribution is 5.75. The van der Waals surface area contributed by atoms with Gasteiger partial charge in [-0.05, 0) is 36.5 Å². The molecule has 1 aliphatic rings. The summed E-state index contributed by atoms with van der Waals surface area (Å²) in [6.45, 7) is 0. The van der Waals surface area contributed by atoms with Crippen molar-refractivity contribution in [2.45, 2.75) is 19.3 Å². The molecule has 2 aromatic heterocycles. The molecule has 0 unspecified atom stereocenters. The number of hydrogen-bond donors (Lipinski definition) is 1. The third-order valence-electron chi connectivity index (χ3n) is 2.93. The molecule has 1 aliphatic carbocycles. The van der Waals surface area contributed by atoms with Gasteiger partial charge in [0.1, 0.15) is 5.76 Å². The van der Waals surface area contributed by atoms with Crippen molar-refractivity contribution in [2.24, 2.45) is 5.92 Å². The van der Waals surface area contributed by atoms with Gasteiger partial charge in [0.25, 0.3) is 0 Å². The highest BCUT2D eigenvalue weighted by Crippen LogP contribution is 2.37. The number of nitrogens with zero attached hydrogens (tertiary/aromatic N) is 2. The standard InChI is InChI=1S/C12H13N3O/c13-12-11(9-3-5-14-6-4-9)10(16-15-12)7-8-1-2-8/h3-6,8H,1-2,7H2,(H2,13,15). The van der Waals surface area contributed by atoms with Crippen molar-refractivity contribution < 1.29 is 4.52 Å². The van der Waals surface area contributed by atoms with Crippen LogP contribution in [0.2, 0.25) is 0 Å². The lowest BCUT2D eigenvalue weighted by atomic mass is 10.0. The normalized spacial score (nSPS) is 15.2. The number of nitrogen functional groups attached to an aromatic ring is 1. The molecule has 0 amide bonds. The lowest BCUT2D eigenvalue weighted by molar-refractivity contribution is 0.381. The summed E-state index contributed by atoms with van der Waals surface area (Å²) >= 11 is 0. The molecule has 0 saturated heterocycles. The van der Waals surface area contributed by atoms with Crippen molar-refractivity contribution in [1.29, 1.82) is 0 Å². The molecule has 2 aromatic rings. The lowest BCUT2D eigenvalue weighted by Gasteiger charge is -2.00. The maximum absolute atomic E-state index is 5.84. The summed E-state index contributed by atoms with van der Waals surface area (Å²) in [6, 6.07) is 3.86. The van der Waals surface area contributed by atoms with Crippen LogP contribution in [0.25, 0.3) is 11.1 Å². The van der Waals surface area contributed by atoms with E-state index in [9.17, 15) is 0 Å². The highest BCUT2D eigenvalue weighted by Gasteiger charge is 2.26. The Hall–Kier alpha value is -1.84. The van der Waals surface area contributed by atoms with Crippen molar-refractivity contribution in [3.05, 3.63) is 30.3 Å². The van der Waals surface area contributed by atoms with Crippen LogP contribution in [0.15, 0.2) is 29.0 Å². The van der Waals surface area contributed by atoms with Crippen LogP contribution < -0.4 is 5.73 Å². The molecule has 0 atom stereocenters. The van der Waals surface area contributed by atoms with Gasteiger partial charge in [0.2, 0.25) is 0 Å². The van der Waals surface area contributed by atoms with Gasteiger partial charge in [-0.2, -0.15) is 0 Å². The minimum atomic E-state index is 0.474.